The van der Waals surface area contributed by atoms with Gasteiger partial charge in [-0.25, -0.2) is 4.99 Å². The molecule has 0 spiro atoms. The van der Waals surface area contributed by atoms with Crippen molar-refractivity contribution in [3.63, 3.8) is 0 Å². The van der Waals surface area contributed by atoms with Crippen LogP contribution in [0.1, 0.15) is 30.5 Å². The monoisotopic (exact) mass is 443 g/mol. The summed E-state index contributed by atoms with van der Waals surface area (Å²) in [5.74, 6) is 0.229. The molecule has 0 aromatic heterocycles. The smallest absolute Gasteiger partial charge is 0.234 e. The van der Waals surface area contributed by atoms with Gasteiger partial charge in [0.25, 0.3) is 0 Å². The van der Waals surface area contributed by atoms with E-state index < -0.39 is 5.66 Å². The highest BCUT2D eigenvalue weighted by Gasteiger charge is 2.28. The van der Waals surface area contributed by atoms with E-state index in [0.717, 1.165) is 32.0 Å². The molecule has 0 unspecified atom stereocenters. The first-order chi connectivity index (χ1) is 12.7. The Morgan fingerprint density at radius 2 is 1.81 bits per heavy atom. The first-order valence-corrected chi connectivity index (χ1v) is 10.5. The average molecular weight is 444 g/mol. The molecule has 1 heterocycles. The predicted molar refractivity (Wildman–Crippen MR) is 119 cm³/mol. The minimum absolute atomic E-state index is 0.0580. The number of anilines is 1. The molecule has 6 heteroatoms. The minimum atomic E-state index is -0.498. The van der Waals surface area contributed by atoms with Crippen molar-refractivity contribution in [3.8, 4) is 0 Å². The molecule has 27 heavy (non-hydrogen) atoms. The van der Waals surface area contributed by atoms with Crippen molar-refractivity contribution in [2.24, 2.45) is 9.98 Å². The number of thioether (sulfide) groups is 1. The summed E-state index contributed by atoms with van der Waals surface area (Å²) in [7, 11) is 0. The maximum atomic E-state index is 12.4. The highest BCUT2D eigenvalue weighted by molar-refractivity contribution is 9.10. The molecule has 1 aliphatic rings. The lowest BCUT2D eigenvalue weighted by atomic mass is 10.1. The van der Waals surface area contributed by atoms with Crippen LogP contribution in [-0.4, -0.2) is 28.1 Å². The van der Waals surface area contributed by atoms with Crippen molar-refractivity contribution < 1.29 is 4.79 Å². The van der Waals surface area contributed by atoms with E-state index in [-0.39, 0.29) is 11.7 Å². The molecule has 1 N–H and O–H groups in total. The van der Waals surface area contributed by atoms with E-state index in [1.807, 2.05) is 39.0 Å². The van der Waals surface area contributed by atoms with E-state index in [2.05, 4.69) is 52.4 Å². The Labute approximate surface area is 172 Å². The number of nitrogens with zero attached hydrogens (tertiary/aromatic N) is 2. The largest absolute Gasteiger partial charge is 0.325 e. The summed E-state index contributed by atoms with van der Waals surface area (Å²) in [6, 6.07) is 14.0. The van der Waals surface area contributed by atoms with Gasteiger partial charge in [-0.15, -0.1) is 0 Å². The Balaban J connectivity index is 1.68. The van der Waals surface area contributed by atoms with Gasteiger partial charge in [-0.2, -0.15) is 0 Å². The summed E-state index contributed by atoms with van der Waals surface area (Å²) >= 11 is 4.90. The fourth-order valence-corrected chi connectivity index (χ4v) is 3.88. The molecule has 1 aliphatic heterocycles. The first-order valence-electron chi connectivity index (χ1n) is 8.69. The van der Waals surface area contributed by atoms with Crippen LogP contribution < -0.4 is 5.32 Å². The zero-order valence-electron chi connectivity index (χ0n) is 15.8. The lowest BCUT2D eigenvalue weighted by Crippen LogP contribution is -2.17. The number of aryl methyl sites for hydroxylation is 2. The predicted octanol–water partition coefficient (Wildman–Crippen LogP) is 5.38. The van der Waals surface area contributed by atoms with Crippen LogP contribution in [0.2, 0.25) is 0 Å². The van der Waals surface area contributed by atoms with Crippen LogP contribution in [0, 0.1) is 13.8 Å². The number of rotatable bonds is 4. The Morgan fingerprint density at radius 1 is 1.11 bits per heavy atom. The molecule has 2 aromatic rings. The minimum Gasteiger partial charge on any atom is -0.325 e. The maximum Gasteiger partial charge on any atom is 0.234 e. The van der Waals surface area contributed by atoms with Crippen molar-refractivity contribution in [2.75, 3.05) is 11.1 Å². The SMILES string of the molecule is Cc1ccc(C2=NC(C)(C)N=C2SCC(=O)Nc2ccc(Br)c(C)c2)cc1. The molecular formula is C21H22BrN3OS. The lowest BCUT2D eigenvalue weighted by Gasteiger charge is -2.08. The second-order valence-corrected chi connectivity index (χ2v) is 8.86. The Bertz CT molecular complexity index is 933. The van der Waals surface area contributed by atoms with Crippen LogP contribution in [0.3, 0.4) is 0 Å². The van der Waals surface area contributed by atoms with E-state index >= 15 is 0 Å². The zero-order valence-corrected chi connectivity index (χ0v) is 18.2. The molecule has 3 rings (SSSR count). The van der Waals surface area contributed by atoms with Crippen LogP contribution in [0.5, 0.6) is 0 Å². The van der Waals surface area contributed by atoms with Crippen molar-refractivity contribution >= 4 is 50.0 Å². The molecule has 0 atom stereocenters. The van der Waals surface area contributed by atoms with Gasteiger partial charge in [-0.3, -0.25) is 9.79 Å². The van der Waals surface area contributed by atoms with Gasteiger partial charge in [-0.05, 0) is 51.5 Å². The Kier molecular flexibility index (Phi) is 5.86. The number of hydrogen-bond acceptors (Lipinski definition) is 4. The summed E-state index contributed by atoms with van der Waals surface area (Å²) in [4.78, 5) is 21.8. The Morgan fingerprint density at radius 3 is 2.48 bits per heavy atom. The van der Waals surface area contributed by atoms with E-state index in [1.165, 1.54) is 17.3 Å². The average Bonchev–Trinajstić information content (AvgIpc) is 2.92. The second kappa shape index (κ2) is 7.98. The van der Waals surface area contributed by atoms with Crippen LogP contribution in [0.4, 0.5) is 5.69 Å². The first kappa shape index (κ1) is 19.8. The third-order valence-electron chi connectivity index (χ3n) is 4.07. The standard InChI is InChI=1S/C21H22BrN3OS/c1-13-5-7-15(8-6-13)19-20(25-21(3,4)24-19)27-12-18(26)23-16-9-10-17(22)14(2)11-16/h5-11H,12H2,1-4H3,(H,23,26). The van der Waals surface area contributed by atoms with Crippen molar-refractivity contribution in [1.82, 2.24) is 0 Å². The number of halogens is 1. The lowest BCUT2D eigenvalue weighted by molar-refractivity contribution is -0.113. The molecule has 140 valence electrons. The summed E-state index contributed by atoms with van der Waals surface area (Å²) < 4.78 is 1.02. The Hall–Kier alpha value is -1.92. The van der Waals surface area contributed by atoms with Gasteiger partial charge in [0.1, 0.15) is 10.7 Å². The molecule has 2 aromatic carbocycles. The van der Waals surface area contributed by atoms with Gasteiger partial charge in [0.15, 0.2) is 0 Å². The number of carbonyl (C=O) groups excluding carboxylic acids is 1. The third kappa shape index (κ3) is 5.08. The van der Waals surface area contributed by atoms with Gasteiger partial charge >= 0.3 is 0 Å². The fraction of sp³-hybridized carbons (Fsp3) is 0.286. The molecule has 0 fully saturated rings. The number of benzene rings is 2. The van der Waals surface area contributed by atoms with Gasteiger partial charge in [0, 0.05) is 15.7 Å². The van der Waals surface area contributed by atoms with Crippen LogP contribution in [0.25, 0.3) is 0 Å². The van der Waals surface area contributed by atoms with E-state index in [1.54, 1.807) is 0 Å². The third-order valence-corrected chi connectivity index (χ3v) is 5.92. The van der Waals surface area contributed by atoms with E-state index in [0.29, 0.717) is 0 Å². The fourth-order valence-electron chi connectivity index (χ4n) is 2.70. The molecular weight excluding hydrogens is 422 g/mol. The maximum absolute atomic E-state index is 12.4. The molecule has 0 bridgehead atoms. The van der Waals surface area contributed by atoms with Crippen molar-refractivity contribution in [1.29, 1.82) is 0 Å². The highest BCUT2D eigenvalue weighted by Crippen LogP contribution is 2.27. The number of carbonyl (C=O) groups is 1. The molecule has 0 saturated carbocycles. The van der Waals surface area contributed by atoms with Gasteiger partial charge in [0.2, 0.25) is 5.91 Å². The van der Waals surface area contributed by atoms with E-state index in [4.69, 9.17) is 9.98 Å². The van der Waals surface area contributed by atoms with Crippen molar-refractivity contribution in [3.05, 3.63) is 63.6 Å². The van der Waals surface area contributed by atoms with E-state index in [9.17, 15) is 4.79 Å². The van der Waals surface area contributed by atoms with Crippen molar-refractivity contribution in [2.45, 2.75) is 33.4 Å². The summed E-state index contributed by atoms with van der Waals surface area (Å²) in [6.45, 7) is 8.00. The zero-order chi connectivity index (χ0) is 19.6. The topological polar surface area (TPSA) is 53.8 Å². The van der Waals surface area contributed by atoms with Crippen LogP contribution in [0.15, 0.2) is 56.9 Å². The summed E-state index contributed by atoms with van der Waals surface area (Å²) in [5, 5.41) is 3.75. The summed E-state index contributed by atoms with van der Waals surface area (Å²) in [5.41, 5.74) is 4.46. The van der Waals surface area contributed by atoms with Gasteiger partial charge < -0.3 is 5.32 Å². The molecule has 0 radical (unpaired) electrons. The number of amides is 1. The number of nitrogens with one attached hydrogen (secondary N) is 1. The number of hydrogen-bond donors (Lipinski definition) is 1. The molecule has 0 saturated heterocycles. The van der Waals surface area contributed by atoms with Gasteiger partial charge in [0.05, 0.1) is 11.5 Å². The van der Waals surface area contributed by atoms with Gasteiger partial charge in [-0.1, -0.05) is 57.5 Å². The summed E-state index contributed by atoms with van der Waals surface area (Å²) in [6.07, 6.45) is 0. The van der Waals surface area contributed by atoms with Crippen LogP contribution >= 0.6 is 27.7 Å². The highest BCUT2D eigenvalue weighted by atomic mass is 79.9. The molecule has 1 amide bonds. The second-order valence-electron chi connectivity index (χ2n) is 7.04. The quantitative estimate of drug-likeness (QED) is 0.689. The molecule has 0 aliphatic carbocycles. The normalized spacial score (nSPS) is 15.3. The number of aliphatic imine (C=N–C) groups is 2. The molecule has 4 nitrogen and oxygen atoms in total. The van der Waals surface area contributed by atoms with Crippen LogP contribution in [-0.2, 0) is 4.79 Å².